The van der Waals surface area contributed by atoms with Crippen LogP contribution in [0.2, 0.25) is 0 Å². The number of aryl methyl sites for hydroxylation is 2. The molecule has 0 saturated heterocycles. The Labute approximate surface area is 112 Å². The zero-order valence-corrected chi connectivity index (χ0v) is 11.6. The summed E-state index contributed by atoms with van der Waals surface area (Å²) in [4.78, 5) is 19.2. The highest BCUT2D eigenvalue weighted by Crippen LogP contribution is 2.17. The van der Waals surface area contributed by atoms with Crippen molar-refractivity contribution in [2.24, 2.45) is 0 Å². The Morgan fingerprint density at radius 1 is 1.26 bits per heavy atom. The van der Waals surface area contributed by atoms with Crippen molar-refractivity contribution in [3.63, 3.8) is 0 Å². The molecule has 100 valence electrons. The van der Waals surface area contributed by atoms with E-state index in [0.29, 0.717) is 17.8 Å². The lowest BCUT2D eigenvalue weighted by Crippen LogP contribution is -2.19. The smallest absolute Gasteiger partial charge is 0.254 e. The summed E-state index contributed by atoms with van der Waals surface area (Å²) in [6, 6.07) is 6.06. The zero-order chi connectivity index (χ0) is 13.8. The molecule has 2 rings (SSSR count). The quantitative estimate of drug-likeness (QED) is 0.878. The van der Waals surface area contributed by atoms with Crippen molar-refractivity contribution >= 4 is 0 Å². The summed E-state index contributed by atoms with van der Waals surface area (Å²) < 4.78 is 0. The number of aromatic nitrogens is 2. The van der Waals surface area contributed by atoms with Crippen LogP contribution in [0.4, 0.5) is 0 Å². The van der Waals surface area contributed by atoms with Gasteiger partial charge >= 0.3 is 0 Å². The molecule has 0 amide bonds. The number of hydrogen-bond acceptors (Lipinski definition) is 3. The van der Waals surface area contributed by atoms with Crippen LogP contribution >= 0.6 is 0 Å². The number of nitrogens with one attached hydrogen (secondary N) is 2. The number of H-pyrrole nitrogens is 1. The average molecular weight is 257 g/mol. The molecular formula is C15H19N3O. The molecule has 0 unspecified atom stereocenters. The topological polar surface area (TPSA) is 57.8 Å². The lowest BCUT2D eigenvalue weighted by Gasteiger charge is -2.06. The first-order chi connectivity index (χ1) is 9.11. The van der Waals surface area contributed by atoms with E-state index in [9.17, 15) is 4.79 Å². The monoisotopic (exact) mass is 257 g/mol. The molecule has 0 aliphatic heterocycles. The summed E-state index contributed by atoms with van der Waals surface area (Å²) in [5.41, 5.74) is 4.02. The molecule has 0 bridgehead atoms. The second kappa shape index (κ2) is 5.80. The van der Waals surface area contributed by atoms with Gasteiger partial charge in [-0.2, -0.15) is 0 Å². The molecule has 0 aliphatic rings. The normalized spacial score (nSPS) is 10.7. The van der Waals surface area contributed by atoms with Crippen LogP contribution in [0.15, 0.2) is 29.2 Å². The van der Waals surface area contributed by atoms with Gasteiger partial charge in [0.05, 0.1) is 0 Å². The lowest BCUT2D eigenvalue weighted by molar-refractivity contribution is 0.781. The van der Waals surface area contributed by atoms with E-state index >= 15 is 0 Å². The molecule has 2 N–H and O–H groups in total. The van der Waals surface area contributed by atoms with Crippen LogP contribution < -0.4 is 10.9 Å². The first kappa shape index (κ1) is 13.5. The summed E-state index contributed by atoms with van der Waals surface area (Å²) in [6.07, 6.45) is 2.35. The van der Waals surface area contributed by atoms with Gasteiger partial charge in [0, 0.05) is 17.3 Å². The minimum Gasteiger partial charge on any atom is -0.319 e. The van der Waals surface area contributed by atoms with Gasteiger partial charge in [0.25, 0.3) is 5.56 Å². The molecule has 0 radical (unpaired) electrons. The molecule has 4 nitrogen and oxygen atoms in total. The predicted molar refractivity (Wildman–Crippen MR) is 77.4 cm³/mol. The van der Waals surface area contributed by atoms with Crippen molar-refractivity contribution < 1.29 is 0 Å². The van der Waals surface area contributed by atoms with Crippen LogP contribution in [0, 0.1) is 13.8 Å². The van der Waals surface area contributed by atoms with Gasteiger partial charge in [0.1, 0.15) is 5.82 Å². The van der Waals surface area contributed by atoms with Crippen LogP contribution in [0.1, 0.15) is 16.7 Å². The van der Waals surface area contributed by atoms with Crippen molar-refractivity contribution in [2.45, 2.75) is 20.3 Å². The summed E-state index contributed by atoms with van der Waals surface area (Å²) in [7, 11) is 1.87. The number of likely N-dealkylation sites (N-methyl/N-ethyl adjacent to an activating group) is 1. The van der Waals surface area contributed by atoms with Gasteiger partial charge in [0.15, 0.2) is 0 Å². The first-order valence-corrected chi connectivity index (χ1v) is 6.42. The lowest BCUT2D eigenvalue weighted by atomic mass is 10.1. The first-order valence-electron chi connectivity index (χ1n) is 6.42. The van der Waals surface area contributed by atoms with Gasteiger partial charge in [-0.05, 0) is 51.1 Å². The third-order valence-electron chi connectivity index (χ3n) is 3.30. The maximum absolute atomic E-state index is 11.9. The highest BCUT2D eigenvalue weighted by atomic mass is 16.1. The molecule has 0 aliphatic carbocycles. The SMILES string of the molecule is CNCCc1cnc(-c2ccc(C)c(C)c2)[nH]c1=O. The number of aromatic amines is 1. The average Bonchev–Trinajstić information content (AvgIpc) is 2.40. The van der Waals surface area contributed by atoms with Gasteiger partial charge in [-0.1, -0.05) is 12.1 Å². The van der Waals surface area contributed by atoms with Gasteiger partial charge in [0.2, 0.25) is 0 Å². The van der Waals surface area contributed by atoms with E-state index in [2.05, 4.69) is 29.1 Å². The second-order valence-corrected chi connectivity index (χ2v) is 4.74. The van der Waals surface area contributed by atoms with E-state index in [1.165, 1.54) is 11.1 Å². The number of nitrogens with zero attached hydrogens (tertiary/aromatic N) is 1. The van der Waals surface area contributed by atoms with Crippen LogP contribution in [-0.2, 0) is 6.42 Å². The van der Waals surface area contributed by atoms with Gasteiger partial charge in [-0.15, -0.1) is 0 Å². The number of rotatable bonds is 4. The molecule has 1 aromatic carbocycles. The Bertz CT molecular complexity index is 632. The molecule has 4 heteroatoms. The molecule has 1 heterocycles. The molecule has 0 saturated carbocycles. The summed E-state index contributed by atoms with van der Waals surface area (Å²) >= 11 is 0. The Morgan fingerprint density at radius 2 is 2.05 bits per heavy atom. The molecule has 19 heavy (non-hydrogen) atoms. The summed E-state index contributed by atoms with van der Waals surface area (Å²) in [5, 5.41) is 3.02. The third kappa shape index (κ3) is 3.09. The molecule has 1 aromatic heterocycles. The largest absolute Gasteiger partial charge is 0.319 e. The molecule has 0 atom stereocenters. The molecule has 2 aromatic rings. The van der Waals surface area contributed by atoms with Crippen molar-refractivity contribution in [1.29, 1.82) is 0 Å². The Morgan fingerprint density at radius 3 is 2.68 bits per heavy atom. The summed E-state index contributed by atoms with van der Waals surface area (Å²) in [6.45, 7) is 4.89. The minimum atomic E-state index is -0.0570. The van der Waals surface area contributed by atoms with Gasteiger partial charge in [-0.25, -0.2) is 4.98 Å². The van der Waals surface area contributed by atoms with Crippen LogP contribution in [0.25, 0.3) is 11.4 Å². The van der Waals surface area contributed by atoms with Gasteiger partial charge < -0.3 is 10.3 Å². The summed E-state index contributed by atoms with van der Waals surface area (Å²) in [5.74, 6) is 0.626. The maximum atomic E-state index is 11.9. The fraction of sp³-hybridized carbons (Fsp3) is 0.333. The molecule has 0 fully saturated rings. The Kier molecular flexibility index (Phi) is 4.12. The molecular weight excluding hydrogens is 238 g/mol. The highest BCUT2D eigenvalue weighted by molar-refractivity contribution is 5.56. The van der Waals surface area contributed by atoms with Crippen molar-refractivity contribution in [2.75, 3.05) is 13.6 Å². The van der Waals surface area contributed by atoms with Crippen molar-refractivity contribution in [1.82, 2.24) is 15.3 Å². The zero-order valence-electron chi connectivity index (χ0n) is 11.6. The fourth-order valence-corrected chi connectivity index (χ4v) is 1.89. The Balaban J connectivity index is 2.33. The van der Waals surface area contributed by atoms with E-state index in [1.54, 1.807) is 6.20 Å². The highest BCUT2D eigenvalue weighted by Gasteiger charge is 2.05. The van der Waals surface area contributed by atoms with E-state index in [0.717, 1.165) is 12.1 Å². The standard InChI is InChI=1S/C15H19N3O/c1-10-4-5-12(8-11(10)2)14-17-9-13(6-7-16-3)15(19)18-14/h4-5,8-9,16H,6-7H2,1-3H3,(H,17,18,19). The number of hydrogen-bond donors (Lipinski definition) is 2. The third-order valence-corrected chi connectivity index (χ3v) is 3.30. The fourth-order valence-electron chi connectivity index (χ4n) is 1.89. The van der Waals surface area contributed by atoms with E-state index in [4.69, 9.17) is 0 Å². The van der Waals surface area contributed by atoms with E-state index in [-0.39, 0.29) is 5.56 Å². The number of benzene rings is 1. The van der Waals surface area contributed by atoms with Gasteiger partial charge in [-0.3, -0.25) is 4.79 Å². The predicted octanol–water partition coefficient (Wildman–Crippen LogP) is 1.82. The second-order valence-electron chi connectivity index (χ2n) is 4.74. The van der Waals surface area contributed by atoms with Crippen LogP contribution in [0.3, 0.4) is 0 Å². The van der Waals surface area contributed by atoms with E-state index in [1.807, 2.05) is 25.2 Å². The van der Waals surface area contributed by atoms with Crippen molar-refractivity contribution in [3.05, 3.63) is 51.4 Å². The van der Waals surface area contributed by atoms with Crippen LogP contribution in [-0.4, -0.2) is 23.6 Å². The Hall–Kier alpha value is -1.94. The maximum Gasteiger partial charge on any atom is 0.254 e. The minimum absolute atomic E-state index is 0.0570. The molecule has 0 spiro atoms. The van der Waals surface area contributed by atoms with Crippen molar-refractivity contribution in [3.8, 4) is 11.4 Å². The van der Waals surface area contributed by atoms with Crippen LogP contribution in [0.5, 0.6) is 0 Å². The van der Waals surface area contributed by atoms with E-state index < -0.39 is 0 Å².